The molecule has 0 aliphatic heterocycles. The van der Waals surface area contributed by atoms with Gasteiger partial charge in [-0.15, -0.1) is 0 Å². The number of amides is 1. The van der Waals surface area contributed by atoms with E-state index < -0.39 is 18.1 Å². The first-order valence-electron chi connectivity index (χ1n) is 8.41. The summed E-state index contributed by atoms with van der Waals surface area (Å²) < 4.78 is 10.9. The number of benzene rings is 2. The fourth-order valence-corrected chi connectivity index (χ4v) is 3.91. The van der Waals surface area contributed by atoms with Gasteiger partial charge in [-0.25, -0.2) is 9.59 Å². The molecule has 1 unspecified atom stereocenters. The number of alkyl carbamates (subject to hydrolysis) is 1. The molecule has 26 heavy (non-hydrogen) atoms. The van der Waals surface area contributed by atoms with E-state index in [0.29, 0.717) is 6.42 Å². The highest BCUT2D eigenvalue weighted by atomic mass is 127. The van der Waals surface area contributed by atoms with Gasteiger partial charge >= 0.3 is 12.1 Å². The van der Waals surface area contributed by atoms with Gasteiger partial charge in [0.15, 0.2) is 0 Å². The van der Waals surface area contributed by atoms with Crippen LogP contribution in [0.25, 0.3) is 11.1 Å². The number of nitrogens with one attached hydrogen (secondary N) is 1. The highest BCUT2D eigenvalue weighted by molar-refractivity contribution is 14.1. The van der Waals surface area contributed by atoms with Crippen LogP contribution in [0.3, 0.4) is 0 Å². The van der Waals surface area contributed by atoms with Crippen molar-refractivity contribution in [3.63, 3.8) is 0 Å². The molecule has 1 atom stereocenters. The number of carbonyl (C=O) groups excluding carboxylic acids is 2. The molecule has 2 aromatic rings. The normalized spacial score (nSPS) is 13.5. The molecule has 0 aromatic heterocycles. The lowest BCUT2D eigenvalue weighted by Gasteiger charge is -2.18. The summed E-state index contributed by atoms with van der Waals surface area (Å²) in [6, 6.07) is 15.6. The summed E-state index contributed by atoms with van der Waals surface area (Å²) in [7, 11) is 1.31. The number of halogens is 1. The molecule has 6 heteroatoms. The zero-order valence-corrected chi connectivity index (χ0v) is 16.6. The van der Waals surface area contributed by atoms with Crippen LogP contribution in [-0.4, -0.2) is 36.2 Å². The Hall–Kier alpha value is -2.09. The maximum absolute atomic E-state index is 12.2. The van der Waals surface area contributed by atoms with Crippen molar-refractivity contribution >= 4 is 34.7 Å². The third kappa shape index (κ3) is 3.85. The number of hydrogen-bond acceptors (Lipinski definition) is 4. The second-order valence-corrected chi connectivity index (χ2v) is 7.10. The summed E-state index contributed by atoms with van der Waals surface area (Å²) in [5.74, 6) is -0.468. The van der Waals surface area contributed by atoms with Gasteiger partial charge in [0.1, 0.15) is 12.6 Å². The monoisotopic (exact) mass is 465 g/mol. The van der Waals surface area contributed by atoms with Gasteiger partial charge in [0.2, 0.25) is 0 Å². The molecule has 1 aliphatic carbocycles. The number of esters is 1. The number of fused-ring (bicyclic) bond motifs is 3. The van der Waals surface area contributed by atoms with Crippen LogP contribution in [-0.2, 0) is 14.3 Å². The summed E-state index contributed by atoms with van der Waals surface area (Å²) in [5.41, 5.74) is 4.65. The third-order valence-electron chi connectivity index (χ3n) is 4.52. The highest BCUT2D eigenvalue weighted by Crippen LogP contribution is 2.44. The molecule has 0 bridgehead atoms. The number of hydrogen-bond donors (Lipinski definition) is 1. The zero-order chi connectivity index (χ0) is 18.5. The smallest absolute Gasteiger partial charge is 0.407 e. The van der Waals surface area contributed by atoms with E-state index in [1.165, 1.54) is 18.2 Å². The van der Waals surface area contributed by atoms with Gasteiger partial charge in [-0.1, -0.05) is 71.1 Å². The molecule has 2 aromatic carbocycles. The lowest BCUT2D eigenvalue weighted by molar-refractivity contribution is -0.143. The number of rotatable bonds is 6. The van der Waals surface area contributed by atoms with Crippen molar-refractivity contribution in [1.29, 1.82) is 0 Å². The largest absolute Gasteiger partial charge is 0.467 e. The number of ether oxygens (including phenoxy) is 2. The van der Waals surface area contributed by atoms with E-state index in [0.717, 1.165) is 15.6 Å². The van der Waals surface area contributed by atoms with E-state index in [2.05, 4.69) is 52.2 Å². The van der Waals surface area contributed by atoms with Crippen LogP contribution in [0.15, 0.2) is 48.5 Å². The van der Waals surface area contributed by atoms with Crippen LogP contribution in [0.4, 0.5) is 4.79 Å². The third-order valence-corrected chi connectivity index (χ3v) is 5.14. The Labute approximate surface area is 166 Å². The lowest BCUT2D eigenvalue weighted by Crippen LogP contribution is -2.42. The minimum Gasteiger partial charge on any atom is -0.467 e. The van der Waals surface area contributed by atoms with Crippen molar-refractivity contribution in [1.82, 2.24) is 5.32 Å². The predicted molar refractivity (Wildman–Crippen MR) is 108 cm³/mol. The van der Waals surface area contributed by atoms with E-state index in [-0.39, 0.29) is 12.5 Å². The van der Waals surface area contributed by atoms with E-state index in [1.54, 1.807) is 0 Å². The molecule has 0 fully saturated rings. The molecule has 0 radical (unpaired) electrons. The topological polar surface area (TPSA) is 64.6 Å². The molecule has 0 saturated carbocycles. The first kappa shape index (κ1) is 18.7. The van der Waals surface area contributed by atoms with Gasteiger partial charge in [0.25, 0.3) is 0 Å². The molecule has 0 saturated heterocycles. The molecule has 1 amide bonds. The van der Waals surface area contributed by atoms with Crippen LogP contribution in [0.1, 0.15) is 23.5 Å². The molecule has 0 heterocycles. The summed E-state index contributed by atoms with van der Waals surface area (Å²) >= 11 is 2.15. The molecule has 1 N–H and O–H groups in total. The summed E-state index contributed by atoms with van der Waals surface area (Å²) in [6.45, 7) is 0.220. The second kappa shape index (κ2) is 8.53. The van der Waals surface area contributed by atoms with E-state index in [9.17, 15) is 9.59 Å². The summed E-state index contributed by atoms with van der Waals surface area (Å²) in [5, 5.41) is 2.60. The molecule has 3 rings (SSSR count). The molecule has 136 valence electrons. The van der Waals surface area contributed by atoms with Crippen LogP contribution < -0.4 is 5.32 Å². The van der Waals surface area contributed by atoms with Crippen molar-refractivity contribution < 1.29 is 19.1 Å². The first-order chi connectivity index (χ1) is 12.7. The Morgan fingerprint density at radius 1 is 1.08 bits per heavy atom. The first-order valence-corrected chi connectivity index (χ1v) is 9.93. The van der Waals surface area contributed by atoms with Crippen LogP contribution in [0.5, 0.6) is 0 Å². The fraction of sp³-hybridized carbons (Fsp3) is 0.300. The Kier molecular flexibility index (Phi) is 6.13. The van der Waals surface area contributed by atoms with Crippen molar-refractivity contribution in [3.8, 4) is 11.1 Å². The van der Waals surface area contributed by atoms with E-state index in [1.807, 2.05) is 24.3 Å². The quantitative estimate of drug-likeness (QED) is 0.400. The second-order valence-electron chi connectivity index (χ2n) is 6.02. The van der Waals surface area contributed by atoms with Gasteiger partial charge < -0.3 is 14.8 Å². The summed E-state index contributed by atoms with van der Waals surface area (Å²) in [6.07, 6.45) is -0.107. The minimum atomic E-state index is -0.687. The number of alkyl halides is 1. The molecular weight excluding hydrogens is 445 g/mol. The lowest BCUT2D eigenvalue weighted by atomic mass is 9.98. The Bertz CT molecular complexity index is 762. The van der Waals surface area contributed by atoms with Gasteiger partial charge in [-0.3, -0.25) is 0 Å². The number of carbonyl (C=O) groups is 2. The highest BCUT2D eigenvalue weighted by Gasteiger charge is 2.29. The fourth-order valence-electron chi connectivity index (χ4n) is 3.28. The maximum Gasteiger partial charge on any atom is 0.407 e. The van der Waals surface area contributed by atoms with E-state index in [4.69, 9.17) is 9.47 Å². The van der Waals surface area contributed by atoms with Gasteiger partial charge in [-0.05, 0) is 28.7 Å². The predicted octanol–water partition coefficient (Wildman–Crippen LogP) is 3.89. The Balaban J connectivity index is 1.70. The van der Waals surface area contributed by atoms with Crippen LogP contribution in [0, 0.1) is 0 Å². The molecule has 1 aliphatic rings. The van der Waals surface area contributed by atoms with Gasteiger partial charge in [0, 0.05) is 10.3 Å². The van der Waals surface area contributed by atoms with Crippen molar-refractivity contribution in [2.45, 2.75) is 18.4 Å². The maximum atomic E-state index is 12.2. The average molecular weight is 465 g/mol. The Morgan fingerprint density at radius 3 is 2.19 bits per heavy atom. The zero-order valence-electron chi connectivity index (χ0n) is 14.4. The SMILES string of the molecule is COC(=O)C(CCI)NC(=O)OCC1c2ccccc2-c2ccccc21. The van der Waals surface area contributed by atoms with Crippen LogP contribution in [0.2, 0.25) is 0 Å². The van der Waals surface area contributed by atoms with Crippen molar-refractivity contribution in [2.24, 2.45) is 0 Å². The van der Waals surface area contributed by atoms with Crippen molar-refractivity contribution in [2.75, 3.05) is 18.1 Å². The number of methoxy groups -OCH3 is 1. The van der Waals surface area contributed by atoms with Crippen LogP contribution >= 0.6 is 22.6 Å². The molecule has 5 nitrogen and oxygen atoms in total. The summed E-state index contributed by atoms with van der Waals surface area (Å²) in [4.78, 5) is 23.9. The van der Waals surface area contributed by atoms with E-state index >= 15 is 0 Å². The van der Waals surface area contributed by atoms with Gasteiger partial charge in [0.05, 0.1) is 7.11 Å². The standard InChI is InChI=1S/C20H20INO4/c1-25-19(23)18(10-11-21)22-20(24)26-12-17-15-8-4-2-6-13(15)14-7-3-5-9-16(14)17/h2-9,17-18H,10-12H2,1H3,(H,22,24). The molecule has 0 spiro atoms. The average Bonchev–Trinajstić information content (AvgIpc) is 2.99. The van der Waals surface area contributed by atoms with Crippen molar-refractivity contribution in [3.05, 3.63) is 59.7 Å². The Morgan fingerprint density at radius 2 is 1.65 bits per heavy atom. The minimum absolute atomic E-state index is 0.00528. The molecular formula is C20H20INO4. The van der Waals surface area contributed by atoms with Gasteiger partial charge in [-0.2, -0.15) is 0 Å².